The molecule has 0 radical (unpaired) electrons. The molecule has 0 saturated carbocycles. The maximum Gasteiger partial charge on any atom is 0.426 e. The summed E-state index contributed by atoms with van der Waals surface area (Å²) in [6, 6.07) is 3.70. The first-order valence-corrected chi connectivity index (χ1v) is 5.60. The molecule has 0 aromatic carbocycles. The largest absolute Gasteiger partial charge is 0.464 e. The van der Waals surface area contributed by atoms with E-state index in [0.29, 0.717) is 18.1 Å². The molecule has 18 heavy (non-hydrogen) atoms. The van der Waals surface area contributed by atoms with E-state index >= 15 is 0 Å². The minimum Gasteiger partial charge on any atom is -0.464 e. The van der Waals surface area contributed by atoms with Gasteiger partial charge in [0.05, 0.1) is 11.9 Å². The highest BCUT2D eigenvalue weighted by Gasteiger charge is 2.15. The summed E-state index contributed by atoms with van der Waals surface area (Å²) in [6.45, 7) is 3.90. The van der Waals surface area contributed by atoms with E-state index in [1.54, 1.807) is 32.4 Å². The highest BCUT2D eigenvalue weighted by molar-refractivity contribution is 5.76. The third-order valence-corrected chi connectivity index (χ3v) is 2.60. The van der Waals surface area contributed by atoms with Crippen LogP contribution in [0.3, 0.4) is 0 Å². The Kier molecular flexibility index (Phi) is 3.27. The number of carbonyl (C=O) groups is 1. The molecule has 0 spiro atoms. The molecule has 0 atom stereocenters. The fourth-order valence-corrected chi connectivity index (χ4v) is 1.74. The van der Waals surface area contributed by atoms with Gasteiger partial charge in [-0.1, -0.05) is 0 Å². The SMILES string of the molecule is CCN(C(=O)O)n1cc(-c2cccnc2)nc1C. The molecule has 2 aromatic heterocycles. The Morgan fingerprint density at radius 3 is 2.89 bits per heavy atom. The lowest BCUT2D eigenvalue weighted by molar-refractivity contribution is 0.195. The zero-order valence-electron chi connectivity index (χ0n) is 10.2. The summed E-state index contributed by atoms with van der Waals surface area (Å²) in [5.74, 6) is 0.623. The van der Waals surface area contributed by atoms with E-state index in [-0.39, 0.29) is 0 Å². The van der Waals surface area contributed by atoms with Gasteiger partial charge in [-0.15, -0.1) is 0 Å². The highest BCUT2D eigenvalue weighted by atomic mass is 16.4. The lowest BCUT2D eigenvalue weighted by Crippen LogP contribution is -2.39. The van der Waals surface area contributed by atoms with Gasteiger partial charge < -0.3 is 5.11 Å². The summed E-state index contributed by atoms with van der Waals surface area (Å²) in [5, 5.41) is 10.3. The third kappa shape index (κ3) is 2.17. The average Bonchev–Trinajstić information content (AvgIpc) is 2.73. The van der Waals surface area contributed by atoms with E-state index in [9.17, 15) is 4.79 Å². The minimum atomic E-state index is -1.00. The van der Waals surface area contributed by atoms with Gasteiger partial charge in [-0.3, -0.25) is 4.98 Å². The number of aromatic nitrogens is 3. The Morgan fingerprint density at radius 1 is 1.56 bits per heavy atom. The predicted octanol–water partition coefficient (Wildman–Crippen LogP) is 1.89. The number of pyridine rings is 1. The minimum absolute atomic E-state index is 0.360. The van der Waals surface area contributed by atoms with Crippen LogP contribution in [0.4, 0.5) is 4.79 Å². The Hall–Kier alpha value is -2.37. The van der Waals surface area contributed by atoms with E-state index in [4.69, 9.17) is 5.11 Å². The molecular weight excluding hydrogens is 232 g/mol. The molecule has 0 aliphatic rings. The molecule has 1 N–H and O–H groups in total. The van der Waals surface area contributed by atoms with E-state index < -0.39 is 6.09 Å². The van der Waals surface area contributed by atoms with Crippen molar-refractivity contribution in [2.24, 2.45) is 0 Å². The number of imidazole rings is 1. The zero-order valence-corrected chi connectivity index (χ0v) is 10.2. The van der Waals surface area contributed by atoms with Crippen molar-refractivity contribution in [1.29, 1.82) is 0 Å². The molecule has 0 bridgehead atoms. The maximum absolute atomic E-state index is 11.1. The van der Waals surface area contributed by atoms with Crippen molar-refractivity contribution >= 4 is 6.09 Å². The number of hydrogen-bond acceptors (Lipinski definition) is 3. The van der Waals surface area contributed by atoms with Crippen LogP contribution in [0, 0.1) is 6.92 Å². The summed E-state index contributed by atoms with van der Waals surface area (Å²) < 4.78 is 1.53. The fraction of sp³-hybridized carbons (Fsp3) is 0.250. The van der Waals surface area contributed by atoms with Gasteiger partial charge in [0.1, 0.15) is 5.82 Å². The smallest absolute Gasteiger partial charge is 0.426 e. The van der Waals surface area contributed by atoms with Crippen molar-refractivity contribution in [1.82, 2.24) is 14.6 Å². The van der Waals surface area contributed by atoms with Crippen LogP contribution in [0.1, 0.15) is 12.7 Å². The standard InChI is InChI=1S/C12H14N4O2/c1-3-15(12(17)18)16-8-11(14-9(16)2)10-5-4-6-13-7-10/h4-8H,3H2,1-2H3,(H,17,18). The maximum atomic E-state index is 11.1. The molecule has 0 saturated heterocycles. The Bertz CT molecular complexity index is 550. The average molecular weight is 246 g/mol. The van der Waals surface area contributed by atoms with Crippen molar-refractivity contribution in [2.45, 2.75) is 13.8 Å². The van der Waals surface area contributed by atoms with Gasteiger partial charge in [0, 0.05) is 24.5 Å². The van der Waals surface area contributed by atoms with Crippen molar-refractivity contribution in [3.8, 4) is 11.3 Å². The van der Waals surface area contributed by atoms with Crippen LogP contribution >= 0.6 is 0 Å². The van der Waals surface area contributed by atoms with Crippen molar-refractivity contribution in [2.75, 3.05) is 11.6 Å². The third-order valence-electron chi connectivity index (χ3n) is 2.60. The number of hydrogen-bond donors (Lipinski definition) is 1. The van der Waals surface area contributed by atoms with E-state index in [2.05, 4.69) is 9.97 Å². The second-order valence-electron chi connectivity index (χ2n) is 3.76. The van der Waals surface area contributed by atoms with Gasteiger partial charge in [-0.2, -0.15) is 0 Å². The Balaban J connectivity index is 2.41. The predicted molar refractivity (Wildman–Crippen MR) is 67.0 cm³/mol. The number of carboxylic acid groups (broad SMARTS) is 1. The van der Waals surface area contributed by atoms with Crippen LogP contribution in [-0.2, 0) is 0 Å². The van der Waals surface area contributed by atoms with Crippen LogP contribution in [0.2, 0.25) is 0 Å². The number of aryl methyl sites for hydroxylation is 1. The van der Waals surface area contributed by atoms with Gasteiger partial charge in [0.15, 0.2) is 0 Å². The topological polar surface area (TPSA) is 71.2 Å². The van der Waals surface area contributed by atoms with Crippen LogP contribution in [-0.4, -0.2) is 32.4 Å². The number of nitrogens with zero attached hydrogens (tertiary/aromatic N) is 4. The molecule has 0 aliphatic heterocycles. The first-order valence-electron chi connectivity index (χ1n) is 5.60. The molecule has 0 aliphatic carbocycles. The highest BCUT2D eigenvalue weighted by Crippen LogP contribution is 2.17. The zero-order chi connectivity index (χ0) is 13.1. The first kappa shape index (κ1) is 12.1. The second-order valence-corrected chi connectivity index (χ2v) is 3.76. The molecule has 1 amide bonds. The van der Waals surface area contributed by atoms with Crippen molar-refractivity contribution in [3.63, 3.8) is 0 Å². The molecule has 0 unspecified atom stereocenters. The quantitative estimate of drug-likeness (QED) is 0.897. The number of amides is 1. The van der Waals surface area contributed by atoms with Crippen LogP contribution in [0.25, 0.3) is 11.3 Å². The first-order chi connectivity index (χ1) is 8.63. The lowest BCUT2D eigenvalue weighted by Gasteiger charge is -2.18. The van der Waals surface area contributed by atoms with Gasteiger partial charge in [0.2, 0.25) is 0 Å². The van der Waals surface area contributed by atoms with Gasteiger partial charge in [-0.05, 0) is 26.0 Å². The molecule has 2 rings (SSSR count). The normalized spacial score (nSPS) is 10.3. The molecule has 6 heteroatoms. The molecule has 6 nitrogen and oxygen atoms in total. The lowest BCUT2D eigenvalue weighted by atomic mass is 10.2. The molecule has 2 heterocycles. The number of rotatable bonds is 3. The van der Waals surface area contributed by atoms with E-state index in [1.165, 1.54) is 9.69 Å². The Morgan fingerprint density at radius 2 is 2.33 bits per heavy atom. The van der Waals surface area contributed by atoms with E-state index in [1.807, 2.05) is 12.1 Å². The summed E-state index contributed by atoms with van der Waals surface area (Å²) in [6.07, 6.45) is 4.08. The summed E-state index contributed by atoms with van der Waals surface area (Å²) in [5.41, 5.74) is 1.57. The van der Waals surface area contributed by atoms with Crippen LogP contribution in [0.15, 0.2) is 30.7 Å². The van der Waals surface area contributed by atoms with Gasteiger partial charge in [-0.25, -0.2) is 19.5 Å². The van der Waals surface area contributed by atoms with Gasteiger partial charge >= 0.3 is 6.09 Å². The summed E-state index contributed by atoms with van der Waals surface area (Å²) in [7, 11) is 0. The molecule has 2 aromatic rings. The van der Waals surface area contributed by atoms with Crippen LogP contribution < -0.4 is 5.01 Å². The monoisotopic (exact) mass is 246 g/mol. The fourth-order valence-electron chi connectivity index (χ4n) is 1.74. The van der Waals surface area contributed by atoms with Crippen molar-refractivity contribution in [3.05, 3.63) is 36.5 Å². The summed E-state index contributed by atoms with van der Waals surface area (Å²) in [4.78, 5) is 19.5. The van der Waals surface area contributed by atoms with Gasteiger partial charge in [0.25, 0.3) is 0 Å². The molecular formula is C12H14N4O2. The van der Waals surface area contributed by atoms with Crippen LogP contribution in [0.5, 0.6) is 0 Å². The molecule has 94 valence electrons. The summed E-state index contributed by atoms with van der Waals surface area (Å²) >= 11 is 0. The van der Waals surface area contributed by atoms with Crippen molar-refractivity contribution < 1.29 is 9.90 Å². The van der Waals surface area contributed by atoms with E-state index in [0.717, 1.165) is 5.56 Å². The second kappa shape index (κ2) is 4.87. The Labute approximate surface area is 104 Å². The molecule has 0 fully saturated rings.